The molecule has 0 saturated heterocycles. The van der Waals surface area contributed by atoms with Gasteiger partial charge in [-0.15, -0.1) is 0 Å². The first kappa shape index (κ1) is 21.6. The maximum absolute atomic E-state index is 6.44. The first-order valence-corrected chi connectivity index (χ1v) is 16.4. The van der Waals surface area contributed by atoms with Gasteiger partial charge < -0.3 is 0 Å². The Kier molecular flexibility index (Phi) is 6.47. The van der Waals surface area contributed by atoms with E-state index in [1.807, 2.05) is 6.07 Å². The molecular formula is C26H29ClSi2. The third kappa shape index (κ3) is 4.40. The molecule has 0 aliphatic carbocycles. The fraction of sp³-hybridized carbons (Fsp3) is 0.154. The number of halogens is 1. The predicted octanol–water partition coefficient (Wildman–Crippen LogP) is 6.59. The van der Waals surface area contributed by atoms with Gasteiger partial charge in [0.25, 0.3) is 0 Å². The van der Waals surface area contributed by atoms with Gasteiger partial charge in [0.15, 0.2) is 0 Å². The molecule has 148 valence electrons. The van der Waals surface area contributed by atoms with E-state index in [-0.39, 0.29) is 0 Å². The Morgan fingerprint density at radius 1 is 0.724 bits per heavy atom. The molecule has 0 nitrogen and oxygen atoms in total. The van der Waals surface area contributed by atoms with Gasteiger partial charge >= 0.3 is 0 Å². The molecule has 0 aromatic heterocycles. The number of hydrogen-bond donors (Lipinski definition) is 0. The smallest absolute Gasteiger partial charge is 0.0992 e. The van der Waals surface area contributed by atoms with Gasteiger partial charge in [-0.05, 0) is 22.9 Å². The van der Waals surface area contributed by atoms with Crippen molar-refractivity contribution in [2.75, 3.05) is 0 Å². The SMILES string of the molecule is C=C/C(=C(/c1cccc(Cl)c1)[Si](C)(C)c1ccccc1)[Si](C)(C)c1ccccc1. The van der Waals surface area contributed by atoms with Crippen molar-refractivity contribution in [3.8, 4) is 0 Å². The van der Waals surface area contributed by atoms with Crippen LogP contribution in [0, 0.1) is 0 Å². The summed E-state index contributed by atoms with van der Waals surface area (Å²) < 4.78 is 0. The van der Waals surface area contributed by atoms with Crippen LogP contribution in [-0.2, 0) is 0 Å². The summed E-state index contributed by atoms with van der Waals surface area (Å²) in [5, 5.41) is 6.48. The standard InChI is InChI=1S/C26H29ClSi2/c1-6-25(28(2,3)23-16-9-7-10-17-23)26(21-14-13-15-22(27)20-21)29(4,5)24-18-11-8-12-19-24/h6-20H,1H2,2-5H3/b26-25+. The van der Waals surface area contributed by atoms with Gasteiger partial charge in [0, 0.05) is 5.02 Å². The number of benzene rings is 3. The van der Waals surface area contributed by atoms with Gasteiger partial charge in [-0.2, -0.15) is 0 Å². The van der Waals surface area contributed by atoms with E-state index in [2.05, 4.69) is 118 Å². The van der Waals surface area contributed by atoms with Crippen LogP contribution in [0.4, 0.5) is 0 Å². The highest BCUT2D eigenvalue weighted by atomic mass is 35.5. The molecule has 3 rings (SSSR count). The van der Waals surface area contributed by atoms with E-state index in [1.54, 1.807) is 0 Å². The summed E-state index contributed by atoms with van der Waals surface area (Å²) >= 11 is 6.44. The predicted molar refractivity (Wildman–Crippen MR) is 136 cm³/mol. The summed E-state index contributed by atoms with van der Waals surface area (Å²) in [4.78, 5) is 0. The fourth-order valence-corrected chi connectivity index (χ4v) is 11.8. The molecule has 0 atom stereocenters. The van der Waals surface area contributed by atoms with Crippen LogP contribution < -0.4 is 10.4 Å². The molecule has 0 heterocycles. The van der Waals surface area contributed by atoms with Gasteiger partial charge in [-0.25, -0.2) is 0 Å². The lowest BCUT2D eigenvalue weighted by Crippen LogP contribution is -2.49. The molecule has 29 heavy (non-hydrogen) atoms. The summed E-state index contributed by atoms with van der Waals surface area (Å²) in [7, 11) is -3.98. The molecule has 0 radical (unpaired) electrons. The largest absolute Gasteiger partial charge is 0.112 e. The Morgan fingerprint density at radius 3 is 1.72 bits per heavy atom. The molecule has 3 aromatic carbocycles. The van der Waals surface area contributed by atoms with Crippen LogP contribution in [0.3, 0.4) is 0 Å². The minimum atomic E-state index is -2.01. The minimum Gasteiger partial charge on any atom is -0.0992 e. The van der Waals surface area contributed by atoms with Crippen molar-refractivity contribution in [2.45, 2.75) is 26.2 Å². The van der Waals surface area contributed by atoms with Gasteiger partial charge in [0.2, 0.25) is 0 Å². The lowest BCUT2D eigenvalue weighted by atomic mass is 10.2. The van der Waals surface area contributed by atoms with Crippen LogP contribution in [0.2, 0.25) is 31.2 Å². The highest BCUT2D eigenvalue weighted by Gasteiger charge is 2.37. The van der Waals surface area contributed by atoms with Gasteiger partial charge in [-0.1, -0.05) is 139 Å². The summed E-state index contributed by atoms with van der Waals surface area (Å²) in [6.45, 7) is 14.0. The van der Waals surface area contributed by atoms with Crippen molar-refractivity contribution in [3.63, 3.8) is 0 Å². The molecule has 0 spiro atoms. The van der Waals surface area contributed by atoms with E-state index in [9.17, 15) is 0 Å². The second kappa shape index (κ2) is 8.70. The van der Waals surface area contributed by atoms with Crippen molar-refractivity contribution in [1.82, 2.24) is 0 Å². The van der Waals surface area contributed by atoms with Gasteiger partial charge in [0.05, 0.1) is 0 Å². The van der Waals surface area contributed by atoms with E-state index in [0.29, 0.717) is 0 Å². The first-order chi connectivity index (χ1) is 13.8. The Labute approximate surface area is 182 Å². The highest BCUT2D eigenvalue weighted by molar-refractivity contribution is 7.08. The molecule has 0 saturated carbocycles. The van der Waals surface area contributed by atoms with Crippen LogP contribution in [-0.4, -0.2) is 16.1 Å². The van der Waals surface area contributed by atoms with Gasteiger partial charge in [0.1, 0.15) is 16.1 Å². The molecule has 0 unspecified atom stereocenters. The van der Waals surface area contributed by atoms with Crippen LogP contribution in [0.25, 0.3) is 5.20 Å². The summed E-state index contributed by atoms with van der Waals surface area (Å²) in [5.74, 6) is 0. The molecule has 3 aromatic rings. The number of allylic oxidation sites excluding steroid dienone is 2. The van der Waals surface area contributed by atoms with Crippen molar-refractivity contribution < 1.29 is 0 Å². The normalized spacial score (nSPS) is 13.0. The van der Waals surface area contributed by atoms with Crippen LogP contribution in [0.15, 0.2) is 103 Å². The maximum atomic E-state index is 6.44. The zero-order valence-corrected chi connectivity index (χ0v) is 20.5. The Bertz CT molecular complexity index is 1020. The molecule has 0 aliphatic rings. The second-order valence-corrected chi connectivity index (χ2v) is 17.6. The molecule has 3 heteroatoms. The van der Waals surface area contributed by atoms with Crippen molar-refractivity contribution >= 4 is 43.3 Å². The number of rotatable bonds is 6. The molecule has 0 amide bonds. The lowest BCUT2D eigenvalue weighted by Gasteiger charge is -2.35. The molecular weight excluding hydrogens is 404 g/mol. The summed E-state index contributed by atoms with van der Waals surface area (Å²) in [6.07, 6.45) is 2.12. The van der Waals surface area contributed by atoms with E-state index >= 15 is 0 Å². The van der Waals surface area contributed by atoms with Crippen LogP contribution >= 0.6 is 11.6 Å². The first-order valence-electron chi connectivity index (χ1n) is 10.0. The van der Waals surface area contributed by atoms with Crippen molar-refractivity contribution in [2.24, 2.45) is 0 Å². The van der Waals surface area contributed by atoms with E-state index in [0.717, 1.165) is 5.02 Å². The van der Waals surface area contributed by atoms with E-state index in [4.69, 9.17) is 11.6 Å². The summed E-state index contributed by atoms with van der Waals surface area (Å²) in [5.41, 5.74) is 1.23. The summed E-state index contributed by atoms with van der Waals surface area (Å²) in [6, 6.07) is 30.2. The topological polar surface area (TPSA) is 0 Å². The Morgan fingerprint density at radius 2 is 1.24 bits per heavy atom. The average Bonchev–Trinajstić information content (AvgIpc) is 2.72. The van der Waals surface area contributed by atoms with Crippen LogP contribution in [0.1, 0.15) is 5.56 Å². The van der Waals surface area contributed by atoms with E-state index in [1.165, 1.54) is 26.3 Å². The van der Waals surface area contributed by atoms with Crippen molar-refractivity contribution in [3.05, 3.63) is 113 Å². The van der Waals surface area contributed by atoms with E-state index < -0.39 is 16.1 Å². The molecule has 0 fully saturated rings. The fourth-order valence-electron chi connectivity index (χ4n) is 4.18. The highest BCUT2D eigenvalue weighted by Crippen LogP contribution is 2.35. The Balaban J connectivity index is 2.36. The third-order valence-corrected chi connectivity index (χ3v) is 13.5. The maximum Gasteiger partial charge on any atom is 0.112 e. The zero-order chi connectivity index (χ0) is 21.1. The number of hydrogen-bond acceptors (Lipinski definition) is 0. The zero-order valence-electron chi connectivity index (χ0n) is 17.7. The van der Waals surface area contributed by atoms with Gasteiger partial charge in [-0.3, -0.25) is 0 Å². The molecule has 0 bridgehead atoms. The lowest BCUT2D eigenvalue weighted by molar-refractivity contribution is 1.58. The Hall–Kier alpha value is -2.14. The second-order valence-electron chi connectivity index (χ2n) is 8.49. The molecule has 0 aliphatic heterocycles. The van der Waals surface area contributed by atoms with Crippen LogP contribution in [0.5, 0.6) is 0 Å². The monoisotopic (exact) mass is 432 g/mol. The quantitative estimate of drug-likeness (QED) is 0.304. The molecule has 0 N–H and O–H groups in total. The minimum absolute atomic E-state index is 0.778. The van der Waals surface area contributed by atoms with Crippen molar-refractivity contribution in [1.29, 1.82) is 0 Å². The third-order valence-electron chi connectivity index (χ3n) is 5.88. The average molecular weight is 433 g/mol.